The van der Waals surface area contributed by atoms with Crippen LogP contribution in [0, 0.1) is 5.92 Å². The molecule has 0 saturated carbocycles. The van der Waals surface area contributed by atoms with Crippen molar-refractivity contribution in [3.63, 3.8) is 0 Å². The smallest absolute Gasteiger partial charge is 0.0480 e. The third-order valence-electron chi connectivity index (χ3n) is 3.42. The number of aryl methyl sites for hydroxylation is 1. The van der Waals surface area contributed by atoms with Gasteiger partial charge in [0.15, 0.2) is 0 Å². The fourth-order valence-electron chi connectivity index (χ4n) is 2.09. The average molecular weight is 201 g/mol. The quantitative estimate of drug-likeness (QED) is 0.693. The first kappa shape index (κ1) is 10.3. The summed E-state index contributed by atoms with van der Waals surface area (Å²) in [5.74, 6) is 1.31. The Hall–Kier alpha value is -1.24. The lowest BCUT2D eigenvalue weighted by Gasteiger charge is -2.14. The van der Waals surface area contributed by atoms with Crippen molar-refractivity contribution < 1.29 is 0 Å². The van der Waals surface area contributed by atoms with Gasteiger partial charge in [0.2, 0.25) is 0 Å². The highest BCUT2D eigenvalue weighted by molar-refractivity contribution is 5.84. The minimum Gasteiger partial charge on any atom is -0.350 e. The molecule has 0 amide bonds. The Labute approximate surface area is 91.7 Å². The third-order valence-corrected chi connectivity index (χ3v) is 3.42. The molecule has 0 saturated heterocycles. The number of hydrogen-bond donors (Lipinski definition) is 0. The number of rotatable bonds is 2. The molecule has 0 aliphatic rings. The summed E-state index contributed by atoms with van der Waals surface area (Å²) in [6.45, 7) is 6.88. The van der Waals surface area contributed by atoms with Gasteiger partial charge in [-0.25, -0.2) is 0 Å². The van der Waals surface area contributed by atoms with E-state index in [4.69, 9.17) is 0 Å². The number of nitrogens with zero attached hydrogens (tertiary/aromatic N) is 1. The van der Waals surface area contributed by atoms with E-state index in [-0.39, 0.29) is 0 Å². The highest BCUT2D eigenvalue weighted by atomic mass is 14.9. The van der Waals surface area contributed by atoms with Gasteiger partial charge in [0.1, 0.15) is 0 Å². The Kier molecular flexibility index (Phi) is 2.56. The number of hydrogen-bond acceptors (Lipinski definition) is 0. The Morgan fingerprint density at radius 2 is 1.73 bits per heavy atom. The molecule has 0 radical (unpaired) electrons. The summed E-state index contributed by atoms with van der Waals surface area (Å²) in [5, 5.41) is 1.40. The van der Waals surface area contributed by atoms with E-state index in [1.807, 2.05) is 0 Å². The zero-order valence-corrected chi connectivity index (χ0v) is 9.99. The van der Waals surface area contributed by atoms with Crippen LogP contribution in [-0.4, -0.2) is 4.57 Å². The van der Waals surface area contributed by atoms with Crippen LogP contribution < -0.4 is 0 Å². The minimum absolute atomic E-state index is 0.621. The van der Waals surface area contributed by atoms with Crippen LogP contribution in [-0.2, 0) is 7.05 Å². The van der Waals surface area contributed by atoms with Gasteiger partial charge in [-0.3, -0.25) is 0 Å². The maximum atomic E-state index is 2.31. The average Bonchev–Trinajstić information content (AvgIpc) is 2.56. The van der Waals surface area contributed by atoms with Crippen molar-refractivity contribution in [3.05, 3.63) is 36.0 Å². The van der Waals surface area contributed by atoms with Gasteiger partial charge in [0, 0.05) is 24.1 Å². The highest BCUT2D eigenvalue weighted by Crippen LogP contribution is 2.31. The third kappa shape index (κ3) is 1.67. The molecule has 1 aromatic heterocycles. The first-order valence-corrected chi connectivity index (χ1v) is 5.65. The SMILES string of the molecule is CC(C)C(C)c1cn(C)c2ccccc12. The van der Waals surface area contributed by atoms with Gasteiger partial charge in [-0.05, 0) is 23.5 Å². The molecule has 0 aliphatic carbocycles. The van der Waals surface area contributed by atoms with Crippen LogP contribution in [0.1, 0.15) is 32.3 Å². The van der Waals surface area contributed by atoms with Crippen molar-refractivity contribution in [3.8, 4) is 0 Å². The summed E-state index contributed by atoms with van der Waals surface area (Å²) in [6.07, 6.45) is 2.27. The van der Waals surface area contributed by atoms with E-state index >= 15 is 0 Å². The van der Waals surface area contributed by atoms with Gasteiger partial charge in [-0.2, -0.15) is 0 Å². The first-order valence-electron chi connectivity index (χ1n) is 5.65. The molecule has 0 fully saturated rings. The van der Waals surface area contributed by atoms with Crippen LogP contribution in [0.25, 0.3) is 10.9 Å². The Morgan fingerprint density at radius 1 is 1.07 bits per heavy atom. The lowest BCUT2D eigenvalue weighted by molar-refractivity contribution is 0.537. The Balaban J connectivity index is 2.62. The van der Waals surface area contributed by atoms with E-state index in [2.05, 4.69) is 62.8 Å². The zero-order valence-electron chi connectivity index (χ0n) is 9.99. The number of para-hydroxylation sites is 1. The van der Waals surface area contributed by atoms with Crippen LogP contribution in [0.15, 0.2) is 30.5 Å². The summed E-state index contributed by atoms with van der Waals surface area (Å²) in [6, 6.07) is 8.64. The molecular weight excluding hydrogens is 182 g/mol. The van der Waals surface area contributed by atoms with E-state index in [1.165, 1.54) is 16.5 Å². The molecular formula is C14H19N. The van der Waals surface area contributed by atoms with Crippen LogP contribution in [0.2, 0.25) is 0 Å². The van der Waals surface area contributed by atoms with Crippen molar-refractivity contribution in [1.29, 1.82) is 0 Å². The largest absolute Gasteiger partial charge is 0.350 e. The number of aromatic nitrogens is 1. The predicted molar refractivity (Wildman–Crippen MR) is 66.2 cm³/mol. The fraction of sp³-hybridized carbons (Fsp3) is 0.429. The van der Waals surface area contributed by atoms with E-state index in [0.717, 1.165) is 0 Å². The second-order valence-corrected chi connectivity index (χ2v) is 4.75. The molecule has 2 rings (SSSR count). The molecule has 1 heteroatoms. The van der Waals surface area contributed by atoms with Crippen molar-refractivity contribution in [2.45, 2.75) is 26.7 Å². The van der Waals surface area contributed by atoms with Gasteiger partial charge in [0.05, 0.1) is 0 Å². The standard InChI is InChI=1S/C14H19N/c1-10(2)11(3)13-9-15(4)14-8-6-5-7-12(13)14/h5-11H,1-4H3. The molecule has 2 aromatic rings. The fourth-order valence-corrected chi connectivity index (χ4v) is 2.09. The number of benzene rings is 1. The molecule has 0 bridgehead atoms. The summed E-state index contributed by atoms with van der Waals surface area (Å²) in [4.78, 5) is 0. The summed E-state index contributed by atoms with van der Waals surface area (Å²) < 4.78 is 2.23. The Morgan fingerprint density at radius 3 is 2.40 bits per heavy atom. The van der Waals surface area contributed by atoms with Crippen molar-refractivity contribution in [2.75, 3.05) is 0 Å². The van der Waals surface area contributed by atoms with Crippen LogP contribution in [0.5, 0.6) is 0 Å². The van der Waals surface area contributed by atoms with Crippen LogP contribution in [0.4, 0.5) is 0 Å². The van der Waals surface area contributed by atoms with Gasteiger partial charge >= 0.3 is 0 Å². The van der Waals surface area contributed by atoms with E-state index in [9.17, 15) is 0 Å². The van der Waals surface area contributed by atoms with E-state index in [0.29, 0.717) is 11.8 Å². The molecule has 1 nitrogen and oxygen atoms in total. The molecule has 0 N–H and O–H groups in total. The zero-order chi connectivity index (χ0) is 11.0. The minimum atomic E-state index is 0.621. The summed E-state index contributed by atoms with van der Waals surface area (Å²) in [7, 11) is 2.12. The van der Waals surface area contributed by atoms with Crippen molar-refractivity contribution in [1.82, 2.24) is 4.57 Å². The van der Waals surface area contributed by atoms with Gasteiger partial charge in [-0.15, -0.1) is 0 Å². The molecule has 0 spiro atoms. The van der Waals surface area contributed by atoms with Gasteiger partial charge < -0.3 is 4.57 Å². The van der Waals surface area contributed by atoms with E-state index < -0.39 is 0 Å². The van der Waals surface area contributed by atoms with Crippen LogP contribution in [0.3, 0.4) is 0 Å². The van der Waals surface area contributed by atoms with Crippen LogP contribution >= 0.6 is 0 Å². The normalized spacial score (nSPS) is 13.7. The number of fused-ring (bicyclic) bond motifs is 1. The van der Waals surface area contributed by atoms with E-state index in [1.54, 1.807) is 0 Å². The van der Waals surface area contributed by atoms with Crippen molar-refractivity contribution in [2.24, 2.45) is 13.0 Å². The summed E-state index contributed by atoms with van der Waals surface area (Å²) >= 11 is 0. The second-order valence-electron chi connectivity index (χ2n) is 4.75. The molecule has 1 aromatic carbocycles. The molecule has 0 aliphatic heterocycles. The topological polar surface area (TPSA) is 4.93 Å². The molecule has 1 heterocycles. The second kappa shape index (κ2) is 3.73. The monoisotopic (exact) mass is 201 g/mol. The van der Waals surface area contributed by atoms with Gasteiger partial charge in [-0.1, -0.05) is 39.0 Å². The maximum absolute atomic E-state index is 2.31. The molecule has 15 heavy (non-hydrogen) atoms. The lowest BCUT2D eigenvalue weighted by atomic mass is 9.90. The first-order chi connectivity index (χ1) is 7.11. The molecule has 80 valence electrons. The predicted octanol–water partition coefficient (Wildman–Crippen LogP) is 3.94. The lowest BCUT2D eigenvalue weighted by Crippen LogP contribution is -2.00. The highest BCUT2D eigenvalue weighted by Gasteiger charge is 2.15. The van der Waals surface area contributed by atoms with Gasteiger partial charge in [0.25, 0.3) is 0 Å². The summed E-state index contributed by atoms with van der Waals surface area (Å²) in [5.41, 5.74) is 2.81. The molecule has 1 unspecified atom stereocenters. The Bertz CT molecular complexity index is 465. The van der Waals surface area contributed by atoms with Crippen molar-refractivity contribution >= 4 is 10.9 Å². The molecule has 1 atom stereocenters. The maximum Gasteiger partial charge on any atom is 0.0480 e.